The van der Waals surface area contributed by atoms with Crippen molar-refractivity contribution in [1.82, 2.24) is 9.97 Å². The van der Waals surface area contributed by atoms with Gasteiger partial charge >= 0.3 is 0 Å². The maximum absolute atomic E-state index is 4.38. The second-order valence-electron chi connectivity index (χ2n) is 2.15. The molecule has 0 aromatic carbocycles. The summed E-state index contributed by atoms with van der Waals surface area (Å²) in [6.45, 7) is 2.13. The molecule has 11 heavy (non-hydrogen) atoms. The van der Waals surface area contributed by atoms with Crippen LogP contribution in [-0.2, 0) is 0 Å². The molecular formula is C7H8N2S2. The first-order chi connectivity index (χ1) is 5.40. The van der Waals surface area contributed by atoms with Crippen molar-refractivity contribution in [2.45, 2.75) is 12.1 Å². The largest absolute Gasteiger partial charge is 0.332 e. The van der Waals surface area contributed by atoms with Gasteiger partial charge < -0.3 is 4.98 Å². The van der Waals surface area contributed by atoms with Crippen molar-refractivity contribution in [1.29, 1.82) is 0 Å². The molecule has 2 nitrogen and oxygen atoms in total. The Morgan fingerprint density at radius 1 is 1.64 bits per heavy atom. The van der Waals surface area contributed by atoms with Crippen LogP contribution < -0.4 is 0 Å². The molecule has 2 aromatic heterocycles. The van der Waals surface area contributed by atoms with Gasteiger partial charge in [0, 0.05) is 10.8 Å². The van der Waals surface area contributed by atoms with Gasteiger partial charge in [-0.1, -0.05) is 18.7 Å². The first-order valence-electron chi connectivity index (χ1n) is 3.45. The van der Waals surface area contributed by atoms with E-state index < -0.39 is 0 Å². The number of aromatic nitrogens is 2. The van der Waals surface area contributed by atoms with E-state index in [2.05, 4.69) is 27.7 Å². The first kappa shape index (κ1) is 7.18. The summed E-state index contributed by atoms with van der Waals surface area (Å²) in [4.78, 5) is 7.62. The zero-order chi connectivity index (χ0) is 7.68. The third-order valence-corrected chi connectivity index (χ3v) is 2.87. The van der Waals surface area contributed by atoms with E-state index in [4.69, 9.17) is 0 Å². The van der Waals surface area contributed by atoms with E-state index in [9.17, 15) is 0 Å². The Balaban J connectivity index is 2.42. The number of thiophene rings is 1. The minimum Gasteiger partial charge on any atom is -0.332 e. The average Bonchev–Trinajstić information content (AvgIpc) is 2.46. The van der Waals surface area contributed by atoms with Crippen LogP contribution in [0.3, 0.4) is 0 Å². The Labute approximate surface area is 73.0 Å². The fourth-order valence-electron chi connectivity index (χ4n) is 0.928. The molecule has 0 saturated heterocycles. The highest BCUT2D eigenvalue weighted by molar-refractivity contribution is 7.99. The van der Waals surface area contributed by atoms with Crippen molar-refractivity contribution in [3.8, 4) is 0 Å². The first-order valence-corrected chi connectivity index (χ1v) is 5.37. The number of fused-ring (bicyclic) bond motifs is 1. The number of hydrogen-bond donors (Lipinski definition) is 1. The third kappa shape index (κ3) is 1.28. The molecule has 0 aliphatic carbocycles. The molecule has 1 N–H and O–H groups in total. The Kier molecular flexibility index (Phi) is 1.87. The molecule has 2 heterocycles. The molecule has 2 aromatic rings. The molecule has 0 spiro atoms. The lowest BCUT2D eigenvalue weighted by Gasteiger charge is -1.86. The van der Waals surface area contributed by atoms with Gasteiger partial charge in [0.1, 0.15) is 5.52 Å². The summed E-state index contributed by atoms with van der Waals surface area (Å²) in [7, 11) is 0. The fourth-order valence-corrected chi connectivity index (χ4v) is 2.24. The summed E-state index contributed by atoms with van der Waals surface area (Å²) in [5.41, 5.74) is 2.25. The molecule has 0 atom stereocenters. The standard InChI is InChI=1S/C7H8N2S2/c1-2-11-7-8-5-3-10-4-6(5)9-7/h3-4H,2H2,1H3,(H,8,9). The Morgan fingerprint density at radius 3 is 3.27 bits per heavy atom. The zero-order valence-electron chi connectivity index (χ0n) is 6.13. The summed E-state index contributed by atoms with van der Waals surface area (Å²) >= 11 is 3.43. The summed E-state index contributed by atoms with van der Waals surface area (Å²) in [5.74, 6) is 1.07. The lowest BCUT2D eigenvalue weighted by Crippen LogP contribution is -1.73. The van der Waals surface area contributed by atoms with E-state index in [1.807, 2.05) is 0 Å². The second-order valence-corrected chi connectivity index (χ2v) is 4.14. The van der Waals surface area contributed by atoms with Gasteiger partial charge in [-0.3, -0.25) is 0 Å². The number of nitrogens with one attached hydrogen (secondary N) is 1. The summed E-state index contributed by atoms with van der Waals surface area (Å²) in [6, 6.07) is 0. The smallest absolute Gasteiger partial charge is 0.166 e. The quantitative estimate of drug-likeness (QED) is 0.727. The van der Waals surface area contributed by atoms with E-state index in [-0.39, 0.29) is 0 Å². The highest BCUT2D eigenvalue weighted by Crippen LogP contribution is 2.21. The topological polar surface area (TPSA) is 28.7 Å². The third-order valence-electron chi connectivity index (χ3n) is 1.39. The van der Waals surface area contributed by atoms with Crippen molar-refractivity contribution in [2.24, 2.45) is 0 Å². The number of hydrogen-bond acceptors (Lipinski definition) is 3. The highest BCUT2D eigenvalue weighted by atomic mass is 32.2. The van der Waals surface area contributed by atoms with Crippen molar-refractivity contribution in [3.05, 3.63) is 10.8 Å². The molecule has 0 aliphatic heterocycles. The van der Waals surface area contributed by atoms with Crippen molar-refractivity contribution in [3.63, 3.8) is 0 Å². The second kappa shape index (κ2) is 2.87. The van der Waals surface area contributed by atoms with Gasteiger partial charge in [-0.25, -0.2) is 4.98 Å². The Bertz CT molecular complexity index is 321. The number of thioether (sulfide) groups is 1. The molecule has 2 rings (SSSR count). The monoisotopic (exact) mass is 184 g/mol. The SMILES string of the molecule is CCSc1nc2cscc2[nH]1. The summed E-state index contributed by atoms with van der Waals surface area (Å²) < 4.78 is 0. The van der Waals surface area contributed by atoms with Gasteiger partial charge in [0.15, 0.2) is 5.16 Å². The van der Waals surface area contributed by atoms with Gasteiger partial charge in [-0.2, -0.15) is 0 Å². The number of nitrogens with zero attached hydrogens (tertiary/aromatic N) is 1. The molecule has 0 unspecified atom stereocenters. The number of imidazole rings is 1. The van der Waals surface area contributed by atoms with Crippen LogP contribution in [0.2, 0.25) is 0 Å². The van der Waals surface area contributed by atoms with Crippen LogP contribution in [0.15, 0.2) is 15.9 Å². The molecule has 0 radical (unpaired) electrons. The molecule has 4 heteroatoms. The molecule has 0 saturated carbocycles. The fraction of sp³-hybridized carbons (Fsp3) is 0.286. The highest BCUT2D eigenvalue weighted by Gasteiger charge is 2.01. The normalized spacial score (nSPS) is 11.0. The van der Waals surface area contributed by atoms with Gasteiger partial charge in [0.25, 0.3) is 0 Å². The zero-order valence-corrected chi connectivity index (χ0v) is 7.76. The van der Waals surface area contributed by atoms with Gasteiger partial charge in [0.05, 0.1) is 5.52 Å². The van der Waals surface area contributed by atoms with E-state index in [0.717, 1.165) is 21.9 Å². The minimum absolute atomic E-state index is 1.03. The molecule has 0 bridgehead atoms. The molecule has 58 valence electrons. The summed E-state index contributed by atoms with van der Waals surface area (Å²) in [6.07, 6.45) is 0. The van der Waals surface area contributed by atoms with Crippen LogP contribution in [0.4, 0.5) is 0 Å². The van der Waals surface area contributed by atoms with Gasteiger partial charge in [-0.05, 0) is 5.75 Å². The molecule has 0 amide bonds. The average molecular weight is 184 g/mol. The number of H-pyrrole nitrogens is 1. The lowest BCUT2D eigenvalue weighted by molar-refractivity contribution is 1.08. The Hall–Kier alpha value is -0.480. The van der Waals surface area contributed by atoms with E-state index in [1.54, 1.807) is 23.1 Å². The van der Waals surface area contributed by atoms with Gasteiger partial charge in [-0.15, -0.1) is 11.3 Å². The summed E-state index contributed by atoms with van der Waals surface area (Å²) in [5, 5.41) is 5.18. The minimum atomic E-state index is 1.03. The lowest BCUT2D eigenvalue weighted by atomic mass is 10.5. The van der Waals surface area contributed by atoms with Crippen LogP contribution in [-0.4, -0.2) is 15.7 Å². The van der Waals surface area contributed by atoms with E-state index in [0.29, 0.717) is 0 Å². The van der Waals surface area contributed by atoms with E-state index >= 15 is 0 Å². The number of aromatic amines is 1. The van der Waals surface area contributed by atoms with Gasteiger partial charge in [0.2, 0.25) is 0 Å². The molecule has 0 aliphatic rings. The van der Waals surface area contributed by atoms with Crippen molar-refractivity contribution >= 4 is 34.1 Å². The van der Waals surface area contributed by atoms with E-state index in [1.165, 1.54) is 0 Å². The Morgan fingerprint density at radius 2 is 2.55 bits per heavy atom. The predicted molar refractivity (Wildman–Crippen MR) is 50.4 cm³/mol. The maximum Gasteiger partial charge on any atom is 0.166 e. The van der Waals surface area contributed by atoms with Crippen LogP contribution in [0.5, 0.6) is 0 Å². The van der Waals surface area contributed by atoms with Crippen molar-refractivity contribution in [2.75, 3.05) is 5.75 Å². The number of rotatable bonds is 2. The van der Waals surface area contributed by atoms with Crippen LogP contribution >= 0.6 is 23.1 Å². The maximum atomic E-state index is 4.38. The van der Waals surface area contributed by atoms with Crippen LogP contribution in [0, 0.1) is 0 Å². The van der Waals surface area contributed by atoms with Crippen LogP contribution in [0.25, 0.3) is 11.0 Å². The molecule has 0 fully saturated rings. The molecular weight excluding hydrogens is 176 g/mol. The predicted octanol–water partition coefficient (Wildman–Crippen LogP) is 2.74. The van der Waals surface area contributed by atoms with Crippen LogP contribution in [0.1, 0.15) is 6.92 Å². The van der Waals surface area contributed by atoms with Crippen molar-refractivity contribution < 1.29 is 0 Å².